The van der Waals surface area contributed by atoms with Gasteiger partial charge in [-0.15, -0.1) is 0 Å². The molecular formula is C6H14NS. The molecule has 49 valence electrons. The molecule has 0 heterocycles. The first kappa shape index (κ1) is 8.31. The molecule has 8 heavy (non-hydrogen) atoms. The van der Waals surface area contributed by atoms with Gasteiger partial charge in [-0.05, 0) is 17.4 Å². The zero-order valence-electron chi connectivity index (χ0n) is 5.61. The van der Waals surface area contributed by atoms with Gasteiger partial charge in [0.2, 0.25) is 0 Å². The third kappa shape index (κ3) is 6.31. The van der Waals surface area contributed by atoms with Crippen LogP contribution in [0.15, 0.2) is 0 Å². The molecule has 0 aromatic carbocycles. The maximum atomic E-state index is 6.83. The van der Waals surface area contributed by atoms with Crippen LogP contribution < -0.4 is 5.73 Å². The average molecular weight is 132 g/mol. The van der Waals surface area contributed by atoms with Crippen LogP contribution in [0.4, 0.5) is 0 Å². The summed E-state index contributed by atoms with van der Waals surface area (Å²) in [5, 5.41) is 0.738. The Morgan fingerprint density at radius 3 is 2.50 bits per heavy atom. The van der Waals surface area contributed by atoms with Gasteiger partial charge in [0.1, 0.15) is 0 Å². The van der Waals surface area contributed by atoms with E-state index in [2.05, 4.69) is 13.8 Å². The number of hydrogen-bond donors (Lipinski definition) is 0. The fraction of sp³-hybridized carbons (Fsp3) is 1.00. The quantitative estimate of drug-likeness (QED) is 0.535. The summed E-state index contributed by atoms with van der Waals surface area (Å²) in [5.41, 5.74) is 6.83. The SMILES string of the molecule is CC(C)SCCC[NH]. The Morgan fingerprint density at radius 2 is 2.12 bits per heavy atom. The first-order valence-electron chi connectivity index (χ1n) is 3.03. The fourth-order valence-corrected chi connectivity index (χ4v) is 1.17. The van der Waals surface area contributed by atoms with E-state index in [1.807, 2.05) is 11.8 Å². The van der Waals surface area contributed by atoms with Gasteiger partial charge in [0.25, 0.3) is 0 Å². The summed E-state index contributed by atoms with van der Waals surface area (Å²) >= 11 is 1.94. The predicted molar refractivity (Wildman–Crippen MR) is 40.2 cm³/mol. The Kier molecular flexibility index (Phi) is 5.66. The van der Waals surface area contributed by atoms with Crippen molar-refractivity contribution in [2.75, 3.05) is 12.3 Å². The van der Waals surface area contributed by atoms with Crippen molar-refractivity contribution in [2.24, 2.45) is 0 Å². The Balaban J connectivity index is 2.72. The number of thioether (sulfide) groups is 1. The van der Waals surface area contributed by atoms with E-state index < -0.39 is 0 Å². The van der Waals surface area contributed by atoms with Gasteiger partial charge in [0.05, 0.1) is 0 Å². The van der Waals surface area contributed by atoms with Gasteiger partial charge >= 0.3 is 0 Å². The molecule has 0 aromatic rings. The molecule has 0 amide bonds. The first-order valence-corrected chi connectivity index (χ1v) is 4.08. The molecule has 0 fully saturated rings. The molecule has 2 heteroatoms. The molecule has 0 spiro atoms. The van der Waals surface area contributed by atoms with Gasteiger partial charge in [-0.25, -0.2) is 0 Å². The minimum Gasteiger partial charge on any atom is -0.258 e. The topological polar surface area (TPSA) is 23.8 Å². The summed E-state index contributed by atoms with van der Waals surface area (Å²) in [7, 11) is 0. The third-order valence-corrected chi connectivity index (χ3v) is 1.96. The summed E-state index contributed by atoms with van der Waals surface area (Å²) in [4.78, 5) is 0. The molecule has 1 N–H and O–H groups in total. The molecule has 1 nitrogen and oxygen atoms in total. The Morgan fingerprint density at radius 1 is 1.50 bits per heavy atom. The normalized spacial score (nSPS) is 10.5. The monoisotopic (exact) mass is 132 g/mol. The molecule has 0 bridgehead atoms. The Hall–Kier alpha value is 0.310. The Labute approximate surface area is 56.0 Å². The highest BCUT2D eigenvalue weighted by Crippen LogP contribution is 2.08. The summed E-state index contributed by atoms with van der Waals surface area (Å²) in [6, 6.07) is 0. The van der Waals surface area contributed by atoms with Crippen molar-refractivity contribution >= 4 is 11.8 Å². The summed E-state index contributed by atoms with van der Waals surface area (Å²) in [6.45, 7) is 4.96. The molecule has 0 aliphatic rings. The van der Waals surface area contributed by atoms with Gasteiger partial charge < -0.3 is 0 Å². The first-order chi connectivity index (χ1) is 3.77. The molecule has 0 aliphatic heterocycles. The van der Waals surface area contributed by atoms with E-state index in [4.69, 9.17) is 5.73 Å². The predicted octanol–water partition coefficient (Wildman–Crippen LogP) is 1.80. The van der Waals surface area contributed by atoms with Crippen molar-refractivity contribution in [3.63, 3.8) is 0 Å². The van der Waals surface area contributed by atoms with E-state index in [0.29, 0.717) is 6.54 Å². The lowest BCUT2D eigenvalue weighted by atomic mass is 10.5. The van der Waals surface area contributed by atoms with Crippen molar-refractivity contribution in [1.82, 2.24) is 5.73 Å². The molecule has 0 saturated heterocycles. The van der Waals surface area contributed by atoms with Crippen LogP contribution in [0.2, 0.25) is 0 Å². The van der Waals surface area contributed by atoms with Crippen LogP contribution in [0.1, 0.15) is 20.3 Å². The average Bonchev–Trinajstić information content (AvgIpc) is 1.66. The largest absolute Gasteiger partial charge is 0.258 e. The van der Waals surface area contributed by atoms with Crippen LogP contribution in [0.25, 0.3) is 0 Å². The van der Waals surface area contributed by atoms with Crippen LogP contribution in [0, 0.1) is 0 Å². The molecule has 0 saturated carbocycles. The van der Waals surface area contributed by atoms with Crippen LogP contribution in [0.3, 0.4) is 0 Å². The second kappa shape index (κ2) is 5.45. The van der Waals surface area contributed by atoms with E-state index in [0.717, 1.165) is 17.4 Å². The van der Waals surface area contributed by atoms with Crippen molar-refractivity contribution < 1.29 is 0 Å². The zero-order valence-corrected chi connectivity index (χ0v) is 6.42. The highest BCUT2D eigenvalue weighted by molar-refractivity contribution is 7.99. The molecule has 0 atom stereocenters. The molecule has 1 radical (unpaired) electrons. The van der Waals surface area contributed by atoms with Gasteiger partial charge in [-0.3, -0.25) is 5.73 Å². The summed E-state index contributed by atoms with van der Waals surface area (Å²) in [5.74, 6) is 1.15. The minimum atomic E-state index is 0.583. The third-order valence-electron chi connectivity index (χ3n) is 0.772. The van der Waals surface area contributed by atoms with Crippen molar-refractivity contribution in [3.8, 4) is 0 Å². The van der Waals surface area contributed by atoms with E-state index >= 15 is 0 Å². The van der Waals surface area contributed by atoms with Gasteiger partial charge in [0.15, 0.2) is 0 Å². The maximum absolute atomic E-state index is 6.83. The minimum absolute atomic E-state index is 0.583. The number of rotatable bonds is 4. The lowest BCUT2D eigenvalue weighted by Gasteiger charge is -2.00. The van der Waals surface area contributed by atoms with Crippen LogP contribution >= 0.6 is 11.8 Å². The Bertz CT molecular complexity index is 45.8. The number of nitrogens with one attached hydrogen (secondary N) is 1. The van der Waals surface area contributed by atoms with Crippen LogP contribution in [-0.4, -0.2) is 17.5 Å². The maximum Gasteiger partial charge on any atom is 0.0108 e. The highest BCUT2D eigenvalue weighted by atomic mass is 32.2. The number of hydrogen-bond acceptors (Lipinski definition) is 1. The summed E-state index contributed by atoms with van der Waals surface area (Å²) < 4.78 is 0. The second-order valence-electron chi connectivity index (χ2n) is 2.02. The molecule has 0 rings (SSSR count). The van der Waals surface area contributed by atoms with Crippen molar-refractivity contribution in [1.29, 1.82) is 0 Å². The standard InChI is InChI=1S/C6H14NS/c1-6(2)8-5-3-4-7/h6-7H,3-5H2,1-2H3. The zero-order chi connectivity index (χ0) is 6.41. The fourth-order valence-electron chi connectivity index (χ4n) is 0.391. The van der Waals surface area contributed by atoms with Crippen LogP contribution in [0.5, 0.6) is 0 Å². The van der Waals surface area contributed by atoms with Crippen LogP contribution in [-0.2, 0) is 0 Å². The van der Waals surface area contributed by atoms with E-state index in [1.54, 1.807) is 0 Å². The lowest BCUT2D eigenvalue weighted by molar-refractivity contribution is 0.913. The smallest absolute Gasteiger partial charge is 0.0108 e. The lowest BCUT2D eigenvalue weighted by Crippen LogP contribution is -1.92. The summed E-state index contributed by atoms with van der Waals surface area (Å²) in [6.07, 6.45) is 1.04. The van der Waals surface area contributed by atoms with E-state index in [1.165, 1.54) is 0 Å². The van der Waals surface area contributed by atoms with Gasteiger partial charge in [0, 0.05) is 6.54 Å². The molecule has 0 aliphatic carbocycles. The molecule has 0 unspecified atom stereocenters. The van der Waals surface area contributed by atoms with Gasteiger partial charge in [-0.1, -0.05) is 13.8 Å². The highest BCUT2D eigenvalue weighted by Gasteiger charge is 1.90. The van der Waals surface area contributed by atoms with E-state index in [9.17, 15) is 0 Å². The van der Waals surface area contributed by atoms with Crippen molar-refractivity contribution in [3.05, 3.63) is 0 Å². The van der Waals surface area contributed by atoms with E-state index in [-0.39, 0.29) is 0 Å². The molecular weight excluding hydrogens is 118 g/mol. The van der Waals surface area contributed by atoms with Crippen molar-refractivity contribution in [2.45, 2.75) is 25.5 Å². The second-order valence-corrected chi connectivity index (χ2v) is 3.71. The molecule has 0 aromatic heterocycles. The van der Waals surface area contributed by atoms with Gasteiger partial charge in [-0.2, -0.15) is 11.8 Å².